The minimum absolute atomic E-state index is 0.315. The molecule has 1 saturated heterocycles. The first-order valence-corrected chi connectivity index (χ1v) is 14.3. The Morgan fingerprint density at radius 2 is 1.65 bits per heavy atom. The average Bonchev–Trinajstić information content (AvgIpc) is 3.42. The molecule has 4 atom stereocenters. The van der Waals surface area contributed by atoms with Crippen molar-refractivity contribution in [2.24, 2.45) is 11.8 Å². The predicted molar refractivity (Wildman–Crippen MR) is 159 cm³/mol. The largest absolute Gasteiger partial charge is 0.456 e. The normalized spacial score (nSPS) is 24.2. The Balaban J connectivity index is 1.40. The number of hydrogen-bond acceptors (Lipinski definition) is 5. The maximum Gasteiger partial charge on any atom is 0.340 e. The topological polar surface area (TPSA) is 50.8 Å². The highest BCUT2D eigenvalue weighted by Crippen LogP contribution is 2.57. The van der Waals surface area contributed by atoms with E-state index in [0.717, 1.165) is 51.6 Å². The number of para-hydroxylation sites is 1. The molecule has 1 fully saturated rings. The zero-order valence-electron chi connectivity index (χ0n) is 23.4. The van der Waals surface area contributed by atoms with Crippen molar-refractivity contribution in [3.05, 3.63) is 113 Å². The second-order valence-corrected chi connectivity index (χ2v) is 11.5. The second kappa shape index (κ2) is 9.16. The van der Waals surface area contributed by atoms with Crippen molar-refractivity contribution < 1.29 is 14.3 Å². The zero-order valence-corrected chi connectivity index (χ0v) is 23.4. The summed E-state index contributed by atoms with van der Waals surface area (Å²) in [5.74, 6) is 2.41. The van der Waals surface area contributed by atoms with Crippen molar-refractivity contribution in [2.75, 3.05) is 16.8 Å². The molecule has 5 heteroatoms. The van der Waals surface area contributed by atoms with E-state index in [1.54, 1.807) is 0 Å². The van der Waals surface area contributed by atoms with Crippen LogP contribution in [-0.4, -0.2) is 18.6 Å². The lowest BCUT2D eigenvalue weighted by Gasteiger charge is -2.38. The smallest absolute Gasteiger partial charge is 0.340 e. The van der Waals surface area contributed by atoms with Gasteiger partial charge in [-0.15, -0.1) is 0 Å². The first kappa shape index (κ1) is 24.8. The predicted octanol–water partition coefficient (Wildman–Crippen LogP) is 8.18. The number of aryl methyl sites for hydroxylation is 1. The molecule has 0 aliphatic carbocycles. The Morgan fingerprint density at radius 1 is 0.900 bits per heavy atom. The van der Waals surface area contributed by atoms with E-state index in [-0.39, 0.29) is 5.97 Å². The molecule has 3 aliphatic rings. The van der Waals surface area contributed by atoms with E-state index in [4.69, 9.17) is 9.47 Å². The summed E-state index contributed by atoms with van der Waals surface area (Å²) in [5.41, 5.74) is 6.15. The van der Waals surface area contributed by atoms with Gasteiger partial charge in [-0.2, -0.15) is 0 Å². The zero-order chi connectivity index (χ0) is 27.6. The van der Waals surface area contributed by atoms with Crippen LogP contribution in [0.2, 0.25) is 0 Å². The van der Waals surface area contributed by atoms with Crippen LogP contribution >= 0.6 is 0 Å². The van der Waals surface area contributed by atoms with E-state index in [2.05, 4.69) is 68.2 Å². The Bertz CT molecular complexity index is 1630. The van der Waals surface area contributed by atoms with E-state index in [1.165, 1.54) is 6.42 Å². The molecule has 7 rings (SSSR count). The lowest BCUT2D eigenvalue weighted by atomic mass is 9.77. The van der Waals surface area contributed by atoms with E-state index in [9.17, 15) is 4.79 Å². The summed E-state index contributed by atoms with van der Waals surface area (Å²) in [4.78, 5) is 15.8. The number of rotatable bonds is 4. The Hall–Kier alpha value is -4.25. The third-order valence-corrected chi connectivity index (χ3v) is 9.23. The summed E-state index contributed by atoms with van der Waals surface area (Å²) in [6.45, 7) is 10.1. The summed E-state index contributed by atoms with van der Waals surface area (Å²) < 4.78 is 13.1. The van der Waals surface area contributed by atoms with E-state index in [1.807, 2.05) is 54.6 Å². The summed E-state index contributed by atoms with van der Waals surface area (Å²) in [5, 5.41) is 3.55. The van der Waals surface area contributed by atoms with Gasteiger partial charge in [0.2, 0.25) is 0 Å². The maximum atomic E-state index is 13.3. The number of nitrogens with one attached hydrogen (secondary N) is 1. The Morgan fingerprint density at radius 3 is 2.42 bits per heavy atom. The highest BCUT2D eigenvalue weighted by atomic mass is 16.6. The van der Waals surface area contributed by atoms with Gasteiger partial charge in [0.15, 0.2) is 5.60 Å². The SMILES string of the molecule is CCC1C(C)CN(c2ccc3c(c2)Oc2cc(C)c(Nc4ccccc4)cc2C32OC(=O)c3ccccc32)C1C. The monoisotopic (exact) mass is 530 g/mol. The van der Waals surface area contributed by atoms with Gasteiger partial charge >= 0.3 is 5.97 Å². The summed E-state index contributed by atoms with van der Waals surface area (Å²) in [6, 6.07) is 28.8. The molecule has 4 aromatic carbocycles. The second-order valence-electron chi connectivity index (χ2n) is 11.5. The lowest BCUT2D eigenvalue weighted by Crippen LogP contribution is -2.34. The lowest BCUT2D eigenvalue weighted by molar-refractivity contribution is 0.0224. The van der Waals surface area contributed by atoms with Crippen LogP contribution in [0.25, 0.3) is 0 Å². The third kappa shape index (κ3) is 3.57. The molecule has 1 spiro atoms. The molecular weight excluding hydrogens is 496 g/mol. The molecule has 202 valence electrons. The molecule has 3 heterocycles. The Labute approximate surface area is 235 Å². The van der Waals surface area contributed by atoms with Crippen LogP contribution in [0.15, 0.2) is 84.9 Å². The molecule has 0 bridgehead atoms. The number of anilines is 3. The highest BCUT2D eigenvalue weighted by molar-refractivity contribution is 5.97. The molecule has 0 radical (unpaired) electrons. The number of benzene rings is 4. The van der Waals surface area contributed by atoms with Gasteiger partial charge in [0.05, 0.1) is 5.56 Å². The fraction of sp³-hybridized carbons (Fsp3) is 0.286. The van der Waals surface area contributed by atoms with Gasteiger partial charge in [0, 0.05) is 52.4 Å². The number of esters is 1. The van der Waals surface area contributed by atoms with E-state index < -0.39 is 5.60 Å². The fourth-order valence-corrected chi connectivity index (χ4v) is 7.20. The molecule has 4 aromatic rings. The minimum Gasteiger partial charge on any atom is -0.456 e. The van der Waals surface area contributed by atoms with E-state index in [0.29, 0.717) is 29.2 Å². The van der Waals surface area contributed by atoms with Crippen molar-refractivity contribution in [2.45, 2.75) is 45.8 Å². The van der Waals surface area contributed by atoms with E-state index >= 15 is 0 Å². The van der Waals surface area contributed by atoms with Crippen molar-refractivity contribution in [3.8, 4) is 11.5 Å². The van der Waals surface area contributed by atoms with Crippen LogP contribution in [0.4, 0.5) is 17.1 Å². The molecule has 1 N–H and O–H groups in total. The van der Waals surface area contributed by atoms with Crippen LogP contribution in [0, 0.1) is 18.8 Å². The van der Waals surface area contributed by atoms with Gasteiger partial charge < -0.3 is 19.7 Å². The van der Waals surface area contributed by atoms with Crippen molar-refractivity contribution >= 4 is 23.0 Å². The van der Waals surface area contributed by atoms with Gasteiger partial charge in [-0.1, -0.05) is 56.7 Å². The average molecular weight is 531 g/mol. The van der Waals surface area contributed by atoms with Crippen LogP contribution < -0.4 is 15.0 Å². The standard InChI is InChI=1S/C35H34N2O3/c1-5-26-22(3)20-37(23(26)4)25-15-16-29-33(18-25)39-32-17-21(2)31(36-24-11-7-6-8-12-24)19-30(32)35(29)28-14-10-9-13-27(28)34(38)40-35/h6-19,22-23,26,36H,5,20H2,1-4H3. The minimum atomic E-state index is -1.09. The fourth-order valence-electron chi connectivity index (χ4n) is 7.20. The number of fused-ring (bicyclic) bond motifs is 6. The number of carbonyl (C=O) groups is 1. The van der Waals surface area contributed by atoms with Gasteiger partial charge in [0.25, 0.3) is 0 Å². The van der Waals surface area contributed by atoms with Crippen LogP contribution in [0.5, 0.6) is 11.5 Å². The quantitative estimate of drug-likeness (QED) is 0.270. The molecule has 40 heavy (non-hydrogen) atoms. The van der Waals surface area contributed by atoms with Crippen molar-refractivity contribution in [3.63, 3.8) is 0 Å². The summed E-state index contributed by atoms with van der Waals surface area (Å²) in [6.07, 6.45) is 1.17. The molecular formula is C35H34N2O3. The summed E-state index contributed by atoms with van der Waals surface area (Å²) in [7, 11) is 0. The Kier molecular flexibility index (Phi) is 5.67. The van der Waals surface area contributed by atoms with Gasteiger partial charge in [-0.3, -0.25) is 0 Å². The van der Waals surface area contributed by atoms with Crippen LogP contribution in [-0.2, 0) is 10.3 Å². The first-order chi connectivity index (χ1) is 19.4. The number of hydrogen-bond donors (Lipinski definition) is 1. The molecule has 5 nitrogen and oxygen atoms in total. The highest BCUT2D eigenvalue weighted by Gasteiger charge is 2.54. The molecule has 3 aliphatic heterocycles. The van der Waals surface area contributed by atoms with Gasteiger partial charge in [-0.05, 0) is 73.7 Å². The third-order valence-electron chi connectivity index (χ3n) is 9.23. The molecule has 0 amide bonds. The number of nitrogens with zero attached hydrogens (tertiary/aromatic N) is 1. The molecule has 4 unspecified atom stereocenters. The molecule has 0 aromatic heterocycles. The van der Waals surface area contributed by atoms with Crippen LogP contribution in [0.3, 0.4) is 0 Å². The number of carbonyl (C=O) groups excluding carboxylic acids is 1. The van der Waals surface area contributed by atoms with Crippen LogP contribution in [0.1, 0.15) is 59.8 Å². The molecule has 0 saturated carbocycles. The van der Waals surface area contributed by atoms with Crippen molar-refractivity contribution in [1.82, 2.24) is 0 Å². The maximum absolute atomic E-state index is 13.3. The first-order valence-electron chi connectivity index (χ1n) is 14.3. The van der Waals surface area contributed by atoms with Gasteiger partial charge in [0.1, 0.15) is 11.5 Å². The number of ether oxygens (including phenoxy) is 2. The van der Waals surface area contributed by atoms with Crippen molar-refractivity contribution in [1.29, 1.82) is 0 Å². The summed E-state index contributed by atoms with van der Waals surface area (Å²) >= 11 is 0. The van der Waals surface area contributed by atoms with Gasteiger partial charge in [-0.25, -0.2) is 4.79 Å².